The maximum absolute atomic E-state index is 12.6. The number of likely N-dealkylation sites (tertiary alicyclic amines) is 1. The van der Waals surface area contributed by atoms with Crippen molar-refractivity contribution < 1.29 is 14.6 Å². The van der Waals surface area contributed by atoms with Crippen LogP contribution in [0.1, 0.15) is 17.5 Å². The first-order valence-corrected chi connectivity index (χ1v) is 8.77. The molecule has 0 bridgehead atoms. The van der Waals surface area contributed by atoms with E-state index in [4.69, 9.17) is 4.74 Å². The van der Waals surface area contributed by atoms with Crippen molar-refractivity contribution in [2.75, 3.05) is 33.8 Å². The molecule has 0 aromatic heterocycles. The predicted molar refractivity (Wildman–Crippen MR) is 91.4 cm³/mol. The zero-order valence-electron chi connectivity index (χ0n) is 13.6. The first kappa shape index (κ1) is 16.7. The molecule has 1 aromatic rings. The molecule has 0 unspecified atom stereocenters. The molecule has 1 saturated heterocycles. The first-order chi connectivity index (χ1) is 11.0. The molecule has 2 heterocycles. The minimum Gasteiger partial charge on any atom is -0.496 e. The van der Waals surface area contributed by atoms with E-state index in [1.54, 1.807) is 7.11 Å². The van der Waals surface area contributed by atoms with E-state index in [0.717, 1.165) is 35.3 Å². The van der Waals surface area contributed by atoms with E-state index < -0.39 is 6.10 Å². The van der Waals surface area contributed by atoms with Crippen molar-refractivity contribution in [3.05, 3.63) is 27.7 Å². The highest BCUT2D eigenvalue weighted by Crippen LogP contribution is 2.34. The van der Waals surface area contributed by atoms with Crippen LogP contribution in [0.5, 0.6) is 5.75 Å². The van der Waals surface area contributed by atoms with Crippen LogP contribution < -0.4 is 4.74 Å². The van der Waals surface area contributed by atoms with Crippen molar-refractivity contribution in [1.29, 1.82) is 0 Å². The van der Waals surface area contributed by atoms with Gasteiger partial charge in [0.2, 0.25) is 5.91 Å². The Bertz CT molecular complexity index is 608. The Morgan fingerprint density at radius 1 is 1.39 bits per heavy atom. The molecule has 2 atom stereocenters. The average molecular weight is 383 g/mol. The van der Waals surface area contributed by atoms with Crippen molar-refractivity contribution in [3.63, 3.8) is 0 Å². The van der Waals surface area contributed by atoms with Crippen LogP contribution in [0, 0.1) is 5.92 Å². The van der Waals surface area contributed by atoms with E-state index in [0.29, 0.717) is 19.5 Å². The van der Waals surface area contributed by atoms with E-state index in [2.05, 4.69) is 20.8 Å². The number of benzene rings is 1. The lowest BCUT2D eigenvalue weighted by molar-refractivity contribution is -0.133. The maximum atomic E-state index is 12.6. The maximum Gasteiger partial charge on any atom is 0.223 e. The minimum absolute atomic E-state index is 0.0401. The summed E-state index contributed by atoms with van der Waals surface area (Å²) >= 11 is 3.59. The van der Waals surface area contributed by atoms with E-state index in [9.17, 15) is 9.90 Å². The molecular formula is C17H23BrN2O3. The van der Waals surface area contributed by atoms with Gasteiger partial charge < -0.3 is 19.6 Å². The van der Waals surface area contributed by atoms with Crippen LogP contribution in [0.2, 0.25) is 0 Å². The zero-order valence-corrected chi connectivity index (χ0v) is 15.2. The quantitative estimate of drug-likeness (QED) is 0.863. The van der Waals surface area contributed by atoms with Crippen LogP contribution in [-0.4, -0.2) is 60.7 Å². The molecule has 1 aromatic carbocycles. The molecular weight excluding hydrogens is 360 g/mol. The van der Waals surface area contributed by atoms with Gasteiger partial charge in [-0.1, -0.05) is 15.9 Å². The molecule has 23 heavy (non-hydrogen) atoms. The van der Waals surface area contributed by atoms with E-state index in [1.165, 1.54) is 5.56 Å². The summed E-state index contributed by atoms with van der Waals surface area (Å²) in [6.07, 6.45) is 0.841. The summed E-state index contributed by atoms with van der Waals surface area (Å²) in [5.74, 6) is 0.997. The Morgan fingerprint density at radius 3 is 2.83 bits per heavy atom. The number of β-amino-alcohol motifs (C(OH)–C–C–N with tert-alkyl or cyclic N) is 1. The van der Waals surface area contributed by atoms with Gasteiger partial charge >= 0.3 is 0 Å². The number of ether oxygens (including phenoxy) is 1. The number of hydrogen-bond donors (Lipinski definition) is 1. The molecule has 126 valence electrons. The molecule has 2 aliphatic heterocycles. The lowest BCUT2D eigenvalue weighted by Crippen LogP contribution is -2.38. The number of aliphatic hydroxyl groups is 1. The number of carbonyl (C=O) groups is 1. The van der Waals surface area contributed by atoms with Gasteiger partial charge in [-0.25, -0.2) is 0 Å². The third-order valence-electron chi connectivity index (χ3n) is 4.91. The lowest BCUT2D eigenvalue weighted by Gasteiger charge is -2.31. The molecule has 1 N–H and O–H groups in total. The Kier molecular flexibility index (Phi) is 4.94. The Labute approximate surface area is 145 Å². The van der Waals surface area contributed by atoms with Crippen LogP contribution in [0.25, 0.3) is 0 Å². The van der Waals surface area contributed by atoms with Gasteiger partial charge in [0.25, 0.3) is 0 Å². The average Bonchev–Trinajstić information content (AvgIpc) is 2.85. The largest absolute Gasteiger partial charge is 0.496 e. The monoisotopic (exact) mass is 382 g/mol. The predicted octanol–water partition coefficient (Wildman–Crippen LogP) is 1.66. The number of methoxy groups -OCH3 is 1. The fourth-order valence-electron chi connectivity index (χ4n) is 3.63. The van der Waals surface area contributed by atoms with Crippen molar-refractivity contribution >= 4 is 21.8 Å². The number of amides is 1. The molecule has 0 radical (unpaired) electrons. The summed E-state index contributed by atoms with van der Waals surface area (Å²) < 4.78 is 6.53. The number of rotatable bonds is 3. The van der Waals surface area contributed by atoms with Crippen LogP contribution in [-0.2, 0) is 17.8 Å². The van der Waals surface area contributed by atoms with Gasteiger partial charge in [0.1, 0.15) is 5.75 Å². The molecule has 1 fully saturated rings. The molecule has 5 nitrogen and oxygen atoms in total. The topological polar surface area (TPSA) is 53.0 Å². The number of nitrogens with zero attached hydrogens (tertiary/aromatic N) is 2. The normalized spacial score (nSPS) is 24.6. The summed E-state index contributed by atoms with van der Waals surface area (Å²) in [4.78, 5) is 16.6. The van der Waals surface area contributed by atoms with Gasteiger partial charge in [-0.05, 0) is 31.2 Å². The SMILES string of the molecule is COc1ccc(Br)c2c1CN(C(=O)C[C@@H]1CN(C)C[C@H]1O)CC2. The Balaban J connectivity index is 1.71. The third kappa shape index (κ3) is 3.39. The molecule has 2 aliphatic rings. The number of aliphatic hydroxyl groups excluding tert-OH is 1. The Hall–Kier alpha value is -1.11. The number of carbonyl (C=O) groups excluding carboxylic acids is 1. The molecule has 0 aliphatic carbocycles. The number of hydrogen-bond acceptors (Lipinski definition) is 4. The second-order valence-electron chi connectivity index (χ2n) is 6.52. The molecule has 3 rings (SSSR count). The van der Waals surface area contributed by atoms with Crippen LogP contribution in [0.3, 0.4) is 0 Å². The van der Waals surface area contributed by atoms with Gasteiger partial charge in [0, 0.05) is 48.6 Å². The van der Waals surface area contributed by atoms with Crippen LogP contribution in [0.15, 0.2) is 16.6 Å². The smallest absolute Gasteiger partial charge is 0.223 e. The van der Waals surface area contributed by atoms with Gasteiger partial charge in [0.05, 0.1) is 13.2 Å². The fraction of sp³-hybridized carbons (Fsp3) is 0.588. The summed E-state index contributed by atoms with van der Waals surface area (Å²) in [6.45, 7) is 2.74. The minimum atomic E-state index is -0.398. The standard InChI is InChI=1S/C17H23BrN2O3/c1-19-8-11(15(21)10-19)7-17(22)20-6-5-12-13(9-20)16(23-2)4-3-14(12)18/h3-4,11,15,21H,5-10H2,1-2H3/t11-,15-/m1/s1. The van der Waals surface area contributed by atoms with Crippen molar-refractivity contribution in [2.24, 2.45) is 5.92 Å². The molecule has 0 spiro atoms. The van der Waals surface area contributed by atoms with Gasteiger partial charge in [0.15, 0.2) is 0 Å². The molecule has 0 saturated carbocycles. The van der Waals surface area contributed by atoms with E-state index >= 15 is 0 Å². The summed E-state index contributed by atoms with van der Waals surface area (Å²) in [7, 11) is 3.64. The second kappa shape index (κ2) is 6.79. The number of halogens is 1. The van der Waals surface area contributed by atoms with Crippen molar-refractivity contribution in [3.8, 4) is 5.75 Å². The summed E-state index contributed by atoms with van der Waals surface area (Å²) in [5, 5.41) is 10.0. The van der Waals surface area contributed by atoms with Crippen molar-refractivity contribution in [2.45, 2.75) is 25.5 Å². The molecule has 6 heteroatoms. The summed E-state index contributed by atoms with van der Waals surface area (Å²) in [5.41, 5.74) is 2.32. The van der Waals surface area contributed by atoms with Crippen LogP contribution >= 0.6 is 15.9 Å². The van der Waals surface area contributed by atoms with Crippen molar-refractivity contribution in [1.82, 2.24) is 9.80 Å². The molecule has 1 amide bonds. The zero-order chi connectivity index (χ0) is 16.6. The first-order valence-electron chi connectivity index (χ1n) is 7.98. The Morgan fingerprint density at radius 2 is 2.17 bits per heavy atom. The van der Waals surface area contributed by atoms with Crippen LogP contribution in [0.4, 0.5) is 0 Å². The van der Waals surface area contributed by atoms with Gasteiger partial charge in [-0.3, -0.25) is 4.79 Å². The number of fused-ring (bicyclic) bond motifs is 1. The highest BCUT2D eigenvalue weighted by molar-refractivity contribution is 9.10. The van der Waals surface area contributed by atoms with Gasteiger partial charge in [-0.15, -0.1) is 0 Å². The summed E-state index contributed by atoms with van der Waals surface area (Å²) in [6, 6.07) is 3.94. The highest BCUT2D eigenvalue weighted by atomic mass is 79.9. The third-order valence-corrected chi connectivity index (χ3v) is 5.65. The highest BCUT2D eigenvalue weighted by Gasteiger charge is 2.33. The lowest BCUT2D eigenvalue weighted by atomic mass is 9.96. The van der Waals surface area contributed by atoms with E-state index in [-0.39, 0.29) is 11.8 Å². The fourth-order valence-corrected chi connectivity index (χ4v) is 4.20. The second-order valence-corrected chi connectivity index (χ2v) is 7.38. The number of likely N-dealkylation sites (N-methyl/N-ethyl adjacent to an activating group) is 1. The van der Waals surface area contributed by atoms with Gasteiger partial charge in [-0.2, -0.15) is 0 Å². The van der Waals surface area contributed by atoms with E-state index in [1.807, 2.05) is 24.1 Å².